The summed E-state index contributed by atoms with van der Waals surface area (Å²) in [6.07, 6.45) is 2.82. The molecule has 0 bridgehead atoms. The van der Waals surface area contributed by atoms with Gasteiger partial charge in [-0.3, -0.25) is 10.1 Å². The number of phenolic OH excluding ortho intramolecular Hbond substituents is 1. The number of benzene rings is 3. The van der Waals surface area contributed by atoms with E-state index in [2.05, 4.69) is 15.6 Å². The van der Waals surface area contributed by atoms with Crippen LogP contribution >= 0.6 is 35.4 Å². The number of aromatic hydroxyl groups is 1. The molecule has 0 aliphatic heterocycles. The van der Waals surface area contributed by atoms with E-state index in [0.29, 0.717) is 49.5 Å². The Balaban J connectivity index is 1.25. The van der Waals surface area contributed by atoms with Gasteiger partial charge in [0, 0.05) is 27.4 Å². The summed E-state index contributed by atoms with van der Waals surface area (Å²) < 4.78 is 11.6. The van der Waals surface area contributed by atoms with E-state index in [1.807, 2.05) is 18.2 Å². The molecular weight excluding hydrogens is 545 g/mol. The molecule has 38 heavy (non-hydrogen) atoms. The maximum absolute atomic E-state index is 12.4. The van der Waals surface area contributed by atoms with E-state index in [1.165, 1.54) is 12.2 Å². The lowest BCUT2D eigenvalue weighted by Crippen LogP contribution is -2.32. The molecule has 3 aromatic carbocycles. The number of nitrogens with zero attached hydrogens (tertiary/aromatic N) is 1. The van der Waals surface area contributed by atoms with Crippen molar-refractivity contribution in [1.82, 2.24) is 10.3 Å². The lowest BCUT2D eigenvalue weighted by molar-refractivity contribution is -0.115. The van der Waals surface area contributed by atoms with Crippen LogP contribution in [0, 0.1) is 6.92 Å². The number of thiocarbonyl (C=S) groups is 1. The van der Waals surface area contributed by atoms with Crippen molar-refractivity contribution in [3.63, 3.8) is 0 Å². The number of para-hydroxylation sites is 2. The second-order valence-electron chi connectivity index (χ2n) is 8.31. The first kappa shape index (κ1) is 25.5. The number of rotatable bonds is 5. The average Bonchev–Trinajstić information content (AvgIpc) is 3.51. The molecule has 0 spiro atoms. The van der Waals surface area contributed by atoms with Crippen molar-refractivity contribution in [2.75, 3.05) is 5.32 Å². The molecule has 5 aromatic rings. The Bertz CT molecular complexity index is 1670. The first-order valence-corrected chi connectivity index (χ1v) is 12.5. The third kappa shape index (κ3) is 5.73. The van der Waals surface area contributed by atoms with Crippen LogP contribution in [0.25, 0.3) is 40.0 Å². The topological polar surface area (TPSA) is 101 Å². The maximum atomic E-state index is 12.4. The van der Waals surface area contributed by atoms with Crippen molar-refractivity contribution in [2.24, 2.45) is 0 Å². The zero-order valence-electron chi connectivity index (χ0n) is 19.8. The van der Waals surface area contributed by atoms with Crippen LogP contribution in [0.15, 0.2) is 81.6 Å². The van der Waals surface area contributed by atoms with Gasteiger partial charge in [0.15, 0.2) is 10.7 Å². The highest BCUT2D eigenvalue weighted by molar-refractivity contribution is 7.80. The number of furan rings is 1. The Morgan fingerprint density at radius 3 is 2.55 bits per heavy atom. The van der Waals surface area contributed by atoms with Crippen molar-refractivity contribution in [2.45, 2.75) is 6.92 Å². The monoisotopic (exact) mass is 563 g/mol. The maximum Gasteiger partial charge on any atom is 0.250 e. The van der Waals surface area contributed by atoms with Crippen LogP contribution in [0.4, 0.5) is 5.69 Å². The molecule has 0 aliphatic rings. The van der Waals surface area contributed by atoms with Gasteiger partial charge in [-0.1, -0.05) is 35.3 Å². The summed E-state index contributed by atoms with van der Waals surface area (Å²) in [5.41, 5.74) is 3.52. The number of carbonyl (C=O) groups is 1. The second kappa shape index (κ2) is 10.7. The summed E-state index contributed by atoms with van der Waals surface area (Å²) in [6.45, 7) is 1.74. The fraction of sp³-hybridized carbons (Fsp3) is 0.0357. The van der Waals surface area contributed by atoms with E-state index < -0.39 is 5.91 Å². The van der Waals surface area contributed by atoms with Crippen LogP contribution in [-0.2, 0) is 4.79 Å². The van der Waals surface area contributed by atoms with Gasteiger partial charge in [0.1, 0.15) is 22.8 Å². The molecule has 7 nitrogen and oxygen atoms in total. The van der Waals surface area contributed by atoms with Crippen LogP contribution in [0.5, 0.6) is 5.75 Å². The number of oxazole rings is 1. The molecule has 0 saturated carbocycles. The molecule has 0 unspecified atom stereocenters. The number of fused-ring (bicyclic) bond motifs is 1. The third-order valence-electron chi connectivity index (χ3n) is 5.49. The first-order chi connectivity index (χ1) is 18.2. The number of halogens is 2. The Labute approximate surface area is 232 Å². The van der Waals surface area contributed by atoms with Crippen molar-refractivity contribution < 1.29 is 18.7 Å². The molecule has 2 aromatic heterocycles. The van der Waals surface area contributed by atoms with E-state index in [1.54, 1.807) is 55.5 Å². The summed E-state index contributed by atoms with van der Waals surface area (Å²) in [7, 11) is 0. The fourth-order valence-electron chi connectivity index (χ4n) is 3.77. The van der Waals surface area contributed by atoms with Gasteiger partial charge < -0.3 is 19.3 Å². The predicted octanol–water partition coefficient (Wildman–Crippen LogP) is 7.60. The molecule has 190 valence electrons. The fourth-order valence-corrected chi connectivity index (χ4v) is 4.51. The summed E-state index contributed by atoms with van der Waals surface area (Å²) in [6, 6.07) is 19.2. The highest BCUT2D eigenvalue weighted by atomic mass is 35.5. The standard InChI is InChI=1S/C28H19Cl2N3O4S/c1-15-10-19(14-21(26(15)35)27-32-22-4-2-3-5-24(22)37-27)31-28(38)33-25(34)9-7-20-6-8-23(36-20)16-11-17(29)13-18(30)12-16/h2-14,35H,1H3,(H2,31,33,34,38)/b9-7+. The van der Waals surface area contributed by atoms with E-state index in [0.717, 1.165) is 5.56 Å². The molecule has 1 amide bonds. The minimum atomic E-state index is -0.457. The van der Waals surface area contributed by atoms with E-state index in [-0.39, 0.29) is 16.8 Å². The molecule has 0 radical (unpaired) electrons. The Morgan fingerprint density at radius 2 is 1.79 bits per heavy atom. The minimum Gasteiger partial charge on any atom is -0.507 e. The first-order valence-electron chi connectivity index (χ1n) is 11.3. The van der Waals surface area contributed by atoms with Gasteiger partial charge in [0.05, 0.1) is 5.56 Å². The number of aryl methyl sites for hydroxylation is 1. The summed E-state index contributed by atoms with van der Waals surface area (Å²) in [5.74, 6) is 0.872. The number of aromatic nitrogens is 1. The van der Waals surface area contributed by atoms with Crippen LogP contribution in [-0.4, -0.2) is 21.1 Å². The van der Waals surface area contributed by atoms with Crippen LogP contribution in [0.1, 0.15) is 11.3 Å². The summed E-state index contributed by atoms with van der Waals surface area (Å²) >= 11 is 17.4. The Kier molecular flexibility index (Phi) is 7.20. The number of anilines is 1. The number of hydrogen-bond acceptors (Lipinski definition) is 6. The number of hydrogen-bond donors (Lipinski definition) is 3. The molecule has 0 atom stereocenters. The highest BCUT2D eigenvalue weighted by Gasteiger charge is 2.16. The van der Waals surface area contributed by atoms with Gasteiger partial charge in [-0.2, -0.15) is 0 Å². The van der Waals surface area contributed by atoms with E-state index in [9.17, 15) is 9.90 Å². The largest absolute Gasteiger partial charge is 0.507 e. The lowest BCUT2D eigenvalue weighted by atomic mass is 10.1. The van der Waals surface area contributed by atoms with Crippen molar-refractivity contribution in [3.05, 3.63) is 94.2 Å². The Morgan fingerprint density at radius 1 is 1.03 bits per heavy atom. The lowest BCUT2D eigenvalue weighted by Gasteiger charge is -2.12. The molecule has 3 N–H and O–H groups in total. The second-order valence-corrected chi connectivity index (χ2v) is 9.59. The zero-order chi connectivity index (χ0) is 26.8. The molecule has 5 rings (SSSR count). The Hall–Kier alpha value is -4.11. The molecule has 10 heteroatoms. The van der Waals surface area contributed by atoms with E-state index >= 15 is 0 Å². The van der Waals surface area contributed by atoms with Crippen molar-refractivity contribution in [3.8, 4) is 28.5 Å². The quantitative estimate of drug-likeness (QED) is 0.115. The molecule has 0 aliphatic carbocycles. The molecular formula is C28H19Cl2N3O4S. The van der Waals surface area contributed by atoms with E-state index in [4.69, 9.17) is 44.3 Å². The van der Waals surface area contributed by atoms with Crippen molar-refractivity contribution in [1.29, 1.82) is 0 Å². The normalized spacial score (nSPS) is 11.2. The number of nitrogens with one attached hydrogen (secondary N) is 2. The summed E-state index contributed by atoms with van der Waals surface area (Å²) in [5, 5.41) is 17.2. The minimum absolute atomic E-state index is 0.0397. The van der Waals surface area contributed by atoms with Crippen molar-refractivity contribution >= 4 is 69.3 Å². The van der Waals surface area contributed by atoms with Crippen LogP contribution < -0.4 is 10.6 Å². The van der Waals surface area contributed by atoms with Gasteiger partial charge in [0.25, 0.3) is 0 Å². The van der Waals surface area contributed by atoms with Gasteiger partial charge in [-0.15, -0.1) is 0 Å². The SMILES string of the molecule is Cc1cc(NC(=S)NC(=O)/C=C/c2ccc(-c3cc(Cl)cc(Cl)c3)o2)cc(-c2nc3ccccc3o2)c1O. The van der Waals surface area contributed by atoms with Gasteiger partial charge in [-0.25, -0.2) is 4.98 Å². The summed E-state index contributed by atoms with van der Waals surface area (Å²) in [4.78, 5) is 16.9. The van der Waals surface area contributed by atoms with Gasteiger partial charge >= 0.3 is 0 Å². The smallest absolute Gasteiger partial charge is 0.250 e. The van der Waals surface area contributed by atoms with Crippen LogP contribution in [0.2, 0.25) is 10.0 Å². The number of carbonyl (C=O) groups excluding carboxylic acids is 1. The zero-order valence-corrected chi connectivity index (χ0v) is 22.1. The number of amides is 1. The molecule has 0 fully saturated rings. The van der Waals surface area contributed by atoms with Gasteiger partial charge in [0.2, 0.25) is 11.8 Å². The third-order valence-corrected chi connectivity index (χ3v) is 6.13. The molecule has 2 heterocycles. The predicted molar refractivity (Wildman–Crippen MR) is 153 cm³/mol. The average molecular weight is 564 g/mol. The highest BCUT2D eigenvalue weighted by Crippen LogP contribution is 2.36. The van der Waals surface area contributed by atoms with Gasteiger partial charge in [-0.05, 0) is 85.4 Å². The van der Waals surface area contributed by atoms with Crippen LogP contribution in [0.3, 0.4) is 0 Å². The molecule has 0 saturated heterocycles. The number of phenols is 1.